The minimum atomic E-state index is -0.297. The Morgan fingerprint density at radius 3 is 2.59 bits per heavy atom. The van der Waals surface area contributed by atoms with Crippen LogP contribution in [0.2, 0.25) is 0 Å². The highest BCUT2D eigenvalue weighted by molar-refractivity contribution is 5.75. The van der Waals surface area contributed by atoms with Gasteiger partial charge in [0.05, 0.1) is 39.5 Å². The van der Waals surface area contributed by atoms with Gasteiger partial charge in [-0.3, -0.25) is 4.90 Å². The van der Waals surface area contributed by atoms with Crippen molar-refractivity contribution in [3.63, 3.8) is 0 Å². The molecule has 6 nitrogen and oxygen atoms in total. The summed E-state index contributed by atoms with van der Waals surface area (Å²) in [7, 11) is 3.25. The summed E-state index contributed by atoms with van der Waals surface area (Å²) >= 11 is 0. The summed E-state index contributed by atoms with van der Waals surface area (Å²) in [6, 6.07) is 15.4. The molecule has 29 heavy (non-hydrogen) atoms. The predicted molar refractivity (Wildman–Crippen MR) is 109 cm³/mol. The number of fused-ring (bicyclic) bond motifs is 2. The van der Waals surface area contributed by atoms with Crippen molar-refractivity contribution >= 4 is 11.7 Å². The zero-order valence-corrected chi connectivity index (χ0v) is 16.7. The maximum atomic E-state index is 12.8. The van der Waals surface area contributed by atoms with Crippen LogP contribution in [0.5, 0.6) is 11.5 Å². The molecular formula is C23H25NO5. The number of rotatable bonds is 5. The van der Waals surface area contributed by atoms with E-state index in [9.17, 15) is 4.79 Å². The van der Waals surface area contributed by atoms with E-state index in [0.717, 1.165) is 11.1 Å². The van der Waals surface area contributed by atoms with Crippen molar-refractivity contribution < 1.29 is 23.7 Å². The third-order valence-corrected chi connectivity index (χ3v) is 5.37. The van der Waals surface area contributed by atoms with Crippen LogP contribution in [0.1, 0.15) is 17.5 Å². The van der Waals surface area contributed by atoms with Gasteiger partial charge in [-0.1, -0.05) is 42.5 Å². The van der Waals surface area contributed by atoms with Crippen molar-refractivity contribution in [2.24, 2.45) is 0 Å². The fourth-order valence-corrected chi connectivity index (χ4v) is 3.92. The summed E-state index contributed by atoms with van der Waals surface area (Å²) in [5.74, 6) is 1.39. The summed E-state index contributed by atoms with van der Waals surface area (Å²) in [6.45, 7) is 1.23. The lowest BCUT2D eigenvalue weighted by atomic mass is 9.90. The van der Waals surface area contributed by atoms with Crippen molar-refractivity contribution in [2.75, 3.05) is 27.4 Å². The van der Waals surface area contributed by atoms with E-state index in [1.165, 1.54) is 5.57 Å². The Bertz CT molecular complexity index is 895. The van der Waals surface area contributed by atoms with Gasteiger partial charge in [0.15, 0.2) is 11.5 Å². The van der Waals surface area contributed by atoms with Gasteiger partial charge < -0.3 is 18.9 Å². The monoisotopic (exact) mass is 395 g/mol. The van der Waals surface area contributed by atoms with Gasteiger partial charge in [0.2, 0.25) is 0 Å². The highest BCUT2D eigenvalue weighted by Gasteiger charge is 2.39. The van der Waals surface area contributed by atoms with E-state index < -0.39 is 0 Å². The summed E-state index contributed by atoms with van der Waals surface area (Å²) < 4.78 is 22.0. The van der Waals surface area contributed by atoms with E-state index in [-0.39, 0.29) is 24.8 Å². The van der Waals surface area contributed by atoms with Gasteiger partial charge in [-0.2, -0.15) is 0 Å². The van der Waals surface area contributed by atoms with Gasteiger partial charge in [0, 0.05) is 0 Å². The summed E-state index contributed by atoms with van der Waals surface area (Å²) in [6.07, 6.45) is 2.50. The molecule has 1 amide bonds. The Kier molecular flexibility index (Phi) is 5.71. The van der Waals surface area contributed by atoms with E-state index >= 15 is 0 Å². The minimum absolute atomic E-state index is 0.0508. The van der Waals surface area contributed by atoms with Crippen LogP contribution >= 0.6 is 0 Å². The molecule has 2 aliphatic heterocycles. The summed E-state index contributed by atoms with van der Waals surface area (Å²) in [5.41, 5.74) is 3.22. The lowest BCUT2D eigenvalue weighted by Crippen LogP contribution is -2.56. The van der Waals surface area contributed by atoms with Gasteiger partial charge in [0.25, 0.3) is 0 Å². The first-order valence-corrected chi connectivity index (χ1v) is 9.69. The van der Waals surface area contributed by atoms with Gasteiger partial charge in [-0.15, -0.1) is 0 Å². The third kappa shape index (κ3) is 4.07. The Morgan fingerprint density at radius 2 is 1.86 bits per heavy atom. The lowest BCUT2D eigenvalue weighted by Gasteiger charge is -2.43. The first-order valence-electron chi connectivity index (χ1n) is 9.69. The number of amides is 1. The van der Waals surface area contributed by atoms with E-state index in [1.807, 2.05) is 53.4 Å². The highest BCUT2D eigenvalue weighted by atomic mass is 16.6. The molecule has 2 aromatic carbocycles. The number of hydrogen-bond donors (Lipinski definition) is 0. The molecule has 2 atom stereocenters. The smallest absolute Gasteiger partial charge is 0.411 e. The number of carbonyl (C=O) groups is 1. The average Bonchev–Trinajstić information content (AvgIpc) is 2.76. The maximum absolute atomic E-state index is 12.8. The molecule has 2 aliphatic rings. The minimum Gasteiger partial charge on any atom is -0.493 e. The summed E-state index contributed by atoms with van der Waals surface area (Å²) in [4.78, 5) is 14.6. The molecule has 0 saturated carbocycles. The molecule has 1 saturated heterocycles. The second-order valence-electron chi connectivity index (χ2n) is 7.17. The van der Waals surface area contributed by atoms with Gasteiger partial charge in [0.1, 0.15) is 6.61 Å². The normalized spacial score (nSPS) is 20.6. The van der Waals surface area contributed by atoms with Crippen LogP contribution in [0, 0.1) is 0 Å². The molecule has 0 radical (unpaired) electrons. The maximum Gasteiger partial charge on any atom is 0.411 e. The fraction of sp³-hybridized carbons (Fsp3) is 0.348. The quantitative estimate of drug-likeness (QED) is 0.769. The second-order valence-corrected chi connectivity index (χ2v) is 7.17. The van der Waals surface area contributed by atoms with Crippen molar-refractivity contribution in [1.82, 2.24) is 4.90 Å². The zero-order chi connectivity index (χ0) is 20.2. The van der Waals surface area contributed by atoms with E-state index in [1.54, 1.807) is 14.2 Å². The highest BCUT2D eigenvalue weighted by Crippen LogP contribution is 2.36. The zero-order valence-electron chi connectivity index (χ0n) is 16.7. The van der Waals surface area contributed by atoms with Crippen LogP contribution in [0.25, 0.3) is 5.57 Å². The molecule has 2 heterocycles. The number of hydrogen-bond acceptors (Lipinski definition) is 5. The molecule has 0 spiro atoms. The van der Waals surface area contributed by atoms with E-state index in [4.69, 9.17) is 18.9 Å². The number of carbonyl (C=O) groups excluding carboxylic acids is 1. The molecule has 1 fully saturated rings. The van der Waals surface area contributed by atoms with Crippen molar-refractivity contribution in [1.29, 1.82) is 0 Å². The summed E-state index contributed by atoms with van der Waals surface area (Å²) in [5, 5.41) is 0. The largest absolute Gasteiger partial charge is 0.493 e. The molecule has 0 aromatic heterocycles. The predicted octanol–water partition coefficient (Wildman–Crippen LogP) is 3.90. The van der Waals surface area contributed by atoms with Crippen molar-refractivity contribution in [3.05, 3.63) is 65.7 Å². The van der Waals surface area contributed by atoms with Gasteiger partial charge in [-0.05, 0) is 35.3 Å². The van der Waals surface area contributed by atoms with Crippen LogP contribution in [0.3, 0.4) is 0 Å². The van der Waals surface area contributed by atoms with E-state index in [0.29, 0.717) is 31.1 Å². The van der Waals surface area contributed by atoms with E-state index in [2.05, 4.69) is 6.08 Å². The Balaban J connectivity index is 1.52. The number of morpholine rings is 1. The van der Waals surface area contributed by atoms with Crippen molar-refractivity contribution in [2.45, 2.75) is 25.1 Å². The molecule has 0 aliphatic carbocycles. The van der Waals surface area contributed by atoms with Crippen LogP contribution in [0.15, 0.2) is 54.6 Å². The first kappa shape index (κ1) is 19.3. The molecule has 6 heteroatoms. The number of benzene rings is 2. The Morgan fingerprint density at radius 1 is 1.07 bits per heavy atom. The van der Waals surface area contributed by atoms with Crippen LogP contribution < -0.4 is 9.47 Å². The van der Waals surface area contributed by atoms with Crippen LogP contribution in [0.4, 0.5) is 4.79 Å². The first-order chi connectivity index (χ1) is 14.2. The Labute approximate surface area is 170 Å². The molecule has 2 bridgehead atoms. The third-order valence-electron chi connectivity index (χ3n) is 5.37. The SMILES string of the molecule is COc1ccc(C2=CC3COCC(C2)N3C(=O)OCc2ccccc2)cc1OC. The molecule has 2 unspecified atom stereocenters. The van der Waals surface area contributed by atoms with Gasteiger partial charge >= 0.3 is 6.09 Å². The lowest BCUT2D eigenvalue weighted by molar-refractivity contribution is -0.0342. The van der Waals surface area contributed by atoms with Gasteiger partial charge in [-0.25, -0.2) is 4.79 Å². The van der Waals surface area contributed by atoms with Crippen LogP contribution in [-0.4, -0.2) is 50.5 Å². The number of nitrogens with zero attached hydrogens (tertiary/aromatic N) is 1. The molecule has 0 N–H and O–H groups in total. The standard InChI is InChI=1S/C23H25NO5/c1-26-21-9-8-17(12-22(21)27-2)18-10-19-14-28-15-20(11-18)24(19)23(25)29-13-16-6-4-3-5-7-16/h3-10,12,19-20H,11,13-15H2,1-2H3. The number of methoxy groups -OCH3 is 2. The topological polar surface area (TPSA) is 57.2 Å². The second kappa shape index (κ2) is 8.57. The van der Waals surface area contributed by atoms with Crippen molar-refractivity contribution in [3.8, 4) is 11.5 Å². The van der Waals surface area contributed by atoms with Crippen LogP contribution in [-0.2, 0) is 16.1 Å². The molecular weight excluding hydrogens is 370 g/mol. The molecule has 152 valence electrons. The molecule has 4 rings (SSSR count). The Hall–Kier alpha value is -2.99. The average molecular weight is 395 g/mol. The molecule has 2 aromatic rings. The number of ether oxygens (including phenoxy) is 4. The fourth-order valence-electron chi connectivity index (χ4n) is 3.92.